The first-order chi connectivity index (χ1) is 7.41. The van der Waals surface area contributed by atoms with Crippen molar-refractivity contribution in [3.8, 4) is 5.75 Å². The molecule has 6 nitrogen and oxygen atoms in total. The summed E-state index contributed by atoms with van der Waals surface area (Å²) in [6.45, 7) is 2.77. The zero-order valence-electron chi connectivity index (χ0n) is 8.89. The number of carbonyl (C=O) groups is 1. The van der Waals surface area contributed by atoms with E-state index < -0.39 is 17.5 Å². The molecule has 0 amide bonds. The van der Waals surface area contributed by atoms with Crippen LogP contribution in [0, 0.1) is 24.0 Å². The molecule has 1 aromatic rings. The van der Waals surface area contributed by atoms with Crippen molar-refractivity contribution in [2.75, 3.05) is 6.61 Å². The van der Waals surface area contributed by atoms with Gasteiger partial charge >= 0.3 is 11.7 Å². The third kappa shape index (κ3) is 2.69. The number of nitro groups is 1. The first kappa shape index (κ1) is 12.0. The maximum absolute atomic E-state index is 10.7. The fourth-order valence-corrected chi connectivity index (χ4v) is 1.39. The summed E-state index contributed by atoms with van der Waals surface area (Å²) < 4.78 is 4.90. The smallest absolute Gasteiger partial charge is 0.341 e. The van der Waals surface area contributed by atoms with Gasteiger partial charge in [0.25, 0.3) is 0 Å². The Morgan fingerprint density at radius 2 is 2.12 bits per heavy atom. The molecule has 0 atom stereocenters. The second kappa shape index (κ2) is 4.61. The van der Waals surface area contributed by atoms with Crippen molar-refractivity contribution < 1.29 is 19.6 Å². The number of nitro benzene ring substituents is 1. The molecule has 0 aromatic heterocycles. The van der Waals surface area contributed by atoms with Crippen molar-refractivity contribution in [2.24, 2.45) is 0 Å². The van der Waals surface area contributed by atoms with Gasteiger partial charge in [0.05, 0.1) is 4.92 Å². The standard InChI is InChI=1S/C10H11NO5/c1-6-3-7(2)10(16-5-9(12)13)8(4-6)11(14)15/h3-4H,5H2,1-2H3,(H,12,13). The fourth-order valence-electron chi connectivity index (χ4n) is 1.39. The van der Waals surface area contributed by atoms with E-state index in [0.29, 0.717) is 5.56 Å². The molecule has 6 heteroatoms. The molecule has 0 saturated heterocycles. The number of carboxylic acids is 1. The Balaban J connectivity index is 3.14. The van der Waals surface area contributed by atoms with Crippen LogP contribution in [-0.4, -0.2) is 22.6 Å². The topological polar surface area (TPSA) is 89.7 Å². The Morgan fingerprint density at radius 1 is 1.50 bits per heavy atom. The van der Waals surface area contributed by atoms with Crippen LogP contribution in [0.3, 0.4) is 0 Å². The summed E-state index contributed by atoms with van der Waals surface area (Å²) in [6.07, 6.45) is 0. The van der Waals surface area contributed by atoms with E-state index >= 15 is 0 Å². The lowest BCUT2D eigenvalue weighted by molar-refractivity contribution is -0.385. The number of benzene rings is 1. The summed E-state index contributed by atoms with van der Waals surface area (Å²) in [7, 11) is 0. The van der Waals surface area contributed by atoms with Crippen LogP contribution >= 0.6 is 0 Å². The minimum atomic E-state index is -1.17. The molecular weight excluding hydrogens is 214 g/mol. The molecule has 1 aromatic carbocycles. The average molecular weight is 225 g/mol. The van der Waals surface area contributed by atoms with E-state index in [4.69, 9.17) is 9.84 Å². The molecule has 86 valence electrons. The number of rotatable bonds is 4. The lowest BCUT2D eigenvalue weighted by Crippen LogP contribution is -2.11. The molecule has 0 aliphatic rings. The highest BCUT2D eigenvalue weighted by atomic mass is 16.6. The second-order valence-electron chi connectivity index (χ2n) is 3.37. The van der Waals surface area contributed by atoms with Crippen molar-refractivity contribution in [1.82, 2.24) is 0 Å². The van der Waals surface area contributed by atoms with Crippen LogP contribution < -0.4 is 4.74 Å². The number of carboxylic acid groups (broad SMARTS) is 1. The van der Waals surface area contributed by atoms with Gasteiger partial charge in [-0.05, 0) is 25.0 Å². The summed E-state index contributed by atoms with van der Waals surface area (Å²) in [4.78, 5) is 20.5. The van der Waals surface area contributed by atoms with E-state index in [1.165, 1.54) is 6.07 Å². The van der Waals surface area contributed by atoms with Gasteiger partial charge in [0.1, 0.15) is 0 Å². The largest absolute Gasteiger partial charge is 0.479 e. The molecule has 0 bridgehead atoms. The fraction of sp³-hybridized carbons (Fsp3) is 0.300. The molecule has 0 spiro atoms. The summed E-state index contributed by atoms with van der Waals surface area (Å²) in [5.41, 5.74) is 1.07. The number of ether oxygens (including phenoxy) is 1. The molecule has 1 rings (SSSR count). The van der Waals surface area contributed by atoms with Crippen LogP contribution in [0.15, 0.2) is 12.1 Å². The van der Waals surface area contributed by atoms with E-state index in [1.807, 2.05) is 0 Å². The van der Waals surface area contributed by atoms with Gasteiger partial charge in [-0.15, -0.1) is 0 Å². The van der Waals surface area contributed by atoms with Crippen LogP contribution in [0.25, 0.3) is 0 Å². The van der Waals surface area contributed by atoms with Crippen molar-refractivity contribution in [3.05, 3.63) is 33.4 Å². The van der Waals surface area contributed by atoms with Crippen LogP contribution in [0.1, 0.15) is 11.1 Å². The zero-order chi connectivity index (χ0) is 12.3. The van der Waals surface area contributed by atoms with Crippen molar-refractivity contribution in [3.63, 3.8) is 0 Å². The zero-order valence-corrected chi connectivity index (χ0v) is 8.89. The Morgan fingerprint density at radius 3 is 2.62 bits per heavy atom. The average Bonchev–Trinajstić information content (AvgIpc) is 2.14. The second-order valence-corrected chi connectivity index (χ2v) is 3.37. The molecule has 0 saturated carbocycles. The van der Waals surface area contributed by atoms with Gasteiger partial charge in [-0.1, -0.05) is 6.07 Å². The number of hydrogen-bond acceptors (Lipinski definition) is 4. The molecule has 0 fully saturated rings. The number of aryl methyl sites for hydroxylation is 2. The first-order valence-electron chi connectivity index (χ1n) is 4.52. The molecule has 0 heterocycles. The number of hydrogen-bond donors (Lipinski definition) is 1. The highest BCUT2D eigenvalue weighted by Crippen LogP contribution is 2.31. The predicted octanol–water partition coefficient (Wildman–Crippen LogP) is 1.68. The van der Waals surface area contributed by atoms with Crippen LogP contribution in [0.2, 0.25) is 0 Å². The Labute approximate surface area is 91.6 Å². The van der Waals surface area contributed by atoms with Crippen LogP contribution in [0.5, 0.6) is 5.75 Å². The monoisotopic (exact) mass is 225 g/mol. The van der Waals surface area contributed by atoms with Gasteiger partial charge in [-0.2, -0.15) is 0 Å². The van der Waals surface area contributed by atoms with Gasteiger partial charge in [0.2, 0.25) is 5.75 Å². The highest BCUT2D eigenvalue weighted by molar-refractivity contribution is 5.69. The predicted molar refractivity (Wildman–Crippen MR) is 55.7 cm³/mol. The SMILES string of the molecule is Cc1cc(C)c(OCC(=O)O)c([N+](=O)[O-])c1. The van der Waals surface area contributed by atoms with Crippen molar-refractivity contribution >= 4 is 11.7 Å². The van der Waals surface area contributed by atoms with Gasteiger partial charge in [0, 0.05) is 6.07 Å². The summed E-state index contributed by atoms with van der Waals surface area (Å²) in [5, 5.41) is 19.2. The van der Waals surface area contributed by atoms with Crippen molar-refractivity contribution in [1.29, 1.82) is 0 Å². The lowest BCUT2D eigenvalue weighted by Gasteiger charge is -2.08. The quantitative estimate of drug-likeness (QED) is 0.621. The molecule has 1 N–H and O–H groups in total. The third-order valence-corrected chi connectivity index (χ3v) is 1.94. The molecule has 0 radical (unpaired) electrons. The molecule has 0 aliphatic carbocycles. The minimum Gasteiger partial charge on any atom is -0.479 e. The molecule has 0 unspecified atom stereocenters. The van der Waals surface area contributed by atoms with E-state index in [9.17, 15) is 14.9 Å². The summed E-state index contributed by atoms with van der Waals surface area (Å²) >= 11 is 0. The molecular formula is C10H11NO5. The van der Waals surface area contributed by atoms with E-state index in [-0.39, 0.29) is 11.4 Å². The van der Waals surface area contributed by atoms with Gasteiger partial charge in [-0.25, -0.2) is 4.79 Å². The van der Waals surface area contributed by atoms with Crippen molar-refractivity contribution in [2.45, 2.75) is 13.8 Å². The van der Waals surface area contributed by atoms with Crippen LogP contribution in [0.4, 0.5) is 5.69 Å². The first-order valence-corrected chi connectivity index (χ1v) is 4.52. The highest BCUT2D eigenvalue weighted by Gasteiger charge is 2.19. The van der Waals surface area contributed by atoms with Gasteiger partial charge < -0.3 is 9.84 Å². The summed E-state index contributed by atoms with van der Waals surface area (Å²) in [6, 6.07) is 3.05. The molecule has 0 aliphatic heterocycles. The normalized spacial score (nSPS) is 9.88. The third-order valence-electron chi connectivity index (χ3n) is 1.94. The number of aliphatic carboxylic acids is 1. The Hall–Kier alpha value is -2.11. The van der Waals surface area contributed by atoms with Crippen LogP contribution in [-0.2, 0) is 4.79 Å². The van der Waals surface area contributed by atoms with Gasteiger partial charge in [0.15, 0.2) is 6.61 Å². The van der Waals surface area contributed by atoms with Gasteiger partial charge in [-0.3, -0.25) is 10.1 Å². The Kier molecular flexibility index (Phi) is 3.44. The Bertz CT molecular complexity index is 441. The summed E-state index contributed by atoms with van der Waals surface area (Å²) in [5.74, 6) is -1.16. The van der Waals surface area contributed by atoms with E-state index in [2.05, 4.69) is 0 Å². The minimum absolute atomic E-state index is 0.0120. The maximum Gasteiger partial charge on any atom is 0.341 e. The maximum atomic E-state index is 10.7. The lowest BCUT2D eigenvalue weighted by atomic mass is 10.1. The number of nitrogens with zero attached hydrogens (tertiary/aromatic N) is 1. The van der Waals surface area contributed by atoms with E-state index in [0.717, 1.165) is 5.56 Å². The van der Waals surface area contributed by atoms with E-state index in [1.54, 1.807) is 19.9 Å². The molecule has 16 heavy (non-hydrogen) atoms.